The number of carboxylic acid groups (broad SMARTS) is 1. The van der Waals surface area contributed by atoms with Gasteiger partial charge in [0.25, 0.3) is 0 Å². The number of carboxylic acids is 1. The number of aliphatic hydroxyl groups is 1. The van der Waals surface area contributed by atoms with Crippen LogP contribution in [0.4, 0.5) is 0 Å². The first-order valence-electron chi connectivity index (χ1n) is 6.14. The third kappa shape index (κ3) is 3.54. The molecular formula is C13H18O4S. The molecule has 0 aliphatic heterocycles. The van der Waals surface area contributed by atoms with Gasteiger partial charge in [-0.05, 0) is 37.1 Å². The normalized spacial score (nSPS) is 28.2. The smallest absolute Gasteiger partial charge is 0.306 e. The molecule has 0 spiro atoms. The van der Waals surface area contributed by atoms with Gasteiger partial charge in [0.1, 0.15) is 0 Å². The lowest BCUT2D eigenvalue weighted by atomic mass is 9.79. The third-order valence-electron chi connectivity index (χ3n) is 3.46. The fraction of sp³-hybridized carbons (Fsp3) is 0.615. The molecule has 0 radical (unpaired) electrons. The summed E-state index contributed by atoms with van der Waals surface area (Å²) in [5.74, 6) is -1.06. The summed E-state index contributed by atoms with van der Waals surface area (Å²) in [4.78, 5) is 12.0. The van der Waals surface area contributed by atoms with Gasteiger partial charge in [-0.2, -0.15) is 0 Å². The second kappa shape index (κ2) is 5.82. The molecule has 0 saturated heterocycles. The van der Waals surface area contributed by atoms with Crippen molar-refractivity contribution in [1.29, 1.82) is 0 Å². The van der Waals surface area contributed by atoms with Crippen LogP contribution in [0.5, 0.6) is 0 Å². The lowest BCUT2D eigenvalue weighted by Crippen LogP contribution is -2.40. The highest BCUT2D eigenvalue weighted by Crippen LogP contribution is 2.32. The van der Waals surface area contributed by atoms with Crippen molar-refractivity contribution >= 4 is 17.3 Å². The first-order valence-corrected chi connectivity index (χ1v) is 7.02. The number of ether oxygens (including phenoxy) is 1. The van der Waals surface area contributed by atoms with Gasteiger partial charge >= 0.3 is 5.97 Å². The quantitative estimate of drug-likeness (QED) is 0.861. The maximum absolute atomic E-state index is 10.8. The summed E-state index contributed by atoms with van der Waals surface area (Å²) in [7, 11) is 0. The van der Waals surface area contributed by atoms with Crippen LogP contribution >= 0.6 is 11.3 Å². The summed E-state index contributed by atoms with van der Waals surface area (Å²) < 4.78 is 5.53. The number of aliphatic carboxylic acids is 1. The van der Waals surface area contributed by atoms with Crippen LogP contribution in [0.1, 0.15) is 30.6 Å². The third-order valence-corrected chi connectivity index (χ3v) is 4.31. The van der Waals surface area contributed by atoms with Crippen molar-refractivity contribution in [2.24, 2.45) is 5.92 Å². The molecule has 1 saturated carbocycles. The minimum Gasteiger partial charge on any atom is -0.481 e. The highest BCUT2D eigenvalue weighted by molar-refractivity contribution is 7.09. The second-order valence-electron chi connectivity index (χ2n) is 4.91. The number of carbonyl (C=O) groups is 1. The Morgan fingerprint density at radius 2 is 2.22 bits per heavy atom. The van der Waals surface area contributed by atoms with E-state index in [1.54, 1.807) is 11.3 Å². The molecule has 0 atom stereocenters. The lowest BCUT2D eigenvalue weighted by Gasteiger charge is -2.34. The van der Waals surface area contributed by atoms with Gasteiger partial charge in [-0.25, -0.2) is 0 Å². The average Bonchev–Trinajstić information content (AvgIpc) is 2.82. The summed E-state index contributed by atoms with van der Waals surface area (Å²) in [6, 6.07) is 3.96. The van der Waals surface area contributed by atoms with Crippen LogP contribution in [0.25, 0.3) is 0 Å². The van der Waals surface area contributed by atoms with E-state index in [0.717, 1.165) is 4.88 Å². The van der Waals surface area contributed by atoms with Crippen molar-refractivity contribution < 1.29 is 19.7 Å². The van der Waals surface area contributed by atoms with Gasteiger partial charge in [-0.3, -0.25) is 4.79 Å². The molecule has 1 aliphatic carbocycles. The maximum atomic E-state index is 10.8. The minimum absolute atomic E-state index is 0.289. The molecule has 1 heterocycles. The van der Waals surface area contributed by atoms with Crippen molar-refractivity contribution in [3.05, 3.63) is 22.4 Å². The lowest BCUT2D eigenvalue weighted by molar-refractivity contribution is -0.146. The van der Waals surface area contributed by atoms with E-state index in [4.69, 9.17) is 9.84 Å². The van der Waals surface area contributed by atoms with E-state index in [1.807, 2.05) is 17.5 Å². The molecule has 0 bridgehead atoms. The van der Waals surface area contributed by atoms with E-state index >= 15 is 0 Å². The van der Waals surface area contributed by atoms with E-state index < -0.39 is 11.6 Å². The largest absolute Gasteiger partial charge is 0.481 e. The summed E-state index contributed by atoms with van der Waals surface area (Å²) >= 11 is 1.63. The van der Waals surface area contributed by atoms with Gasteiger partial charge < -0.3 is 14.9 Å². The Morgan fingerprint density at radius 3 is 2.78 bits per heavy atom. The molecule has 2 N–H and O–H groups in total. The zero-order chi connectivity index (χ0) is 13.0. The Balaban J connectivity index is 1.74. The van der Waals surface area contributed by atoms with E-state index in [2.05, 4.69) is 0 Å². The maximum Gasteiger partial charge on any atom is 0.306 e. The van der Waals surface area contributed by atoms with Crippen molar-refractivity contribution in [2.75, 3.05) is 6.61 Å². The van der Waals surface area contributed by atoms with Crippen LogP contribution < -0.4 is 0 Å². The van der Waals surface area contributed by atoms with Gasteiger partial charge in [0.15, 0.2) is 0 Å². The van der Waals surface area contributed by atoms with Gasteiger partial charge in [0.2, 0.25) is 0 Å². The number of hydrogen-bond acceptors (Lipinski definition) is 4. The molecule has 1 fully saturated rings. The molecule has 5 heteroatoms. The second-order valence-corrected chi connectivity index (χ2v) is 5.94. The van der Waals surface area contributed by atoms with E-state index in [0.29, 0.717) is 32.3 Å². The van der Waals surface area contributed by atoms with Crippen molar-refractivity contribution in [2.45, 2.75) is 37.9 Å². The molecule has 18 heavy (non-hydrogen) atoms. The first kappa shape index (κ1) is 13.5. The van der Waals surface area contributed by atoms with E-state index in [-0.39, 0.29) is 12.5 Å². The molecule has 0 unspecified atom stereocenters. The SMILES string of the molecule is O=C(O)C1CCC(O)(COCc2cccs2)CC1. The summed E-state index contributed by atoms with van der Waals surface area (Å²) in [5.41, 5.74) is -0.844. The Kier molecular flexibility index (Phi) is 4.37. The predicted molar refractivity (Wildman–Crippen MR) is 68.5 cm³/mol. The number of hydrogen-bond donors (Lipinski definition) is 2. The molecule has 0 aromatic carbocycles. The number of thiophene rings is 1. The topological polar surface area (TPSA) is 66.8 Å². The highest BCUT2D eigenvalue weighted by Gasteiger charge is 2.35. The zero-order valence-corrected chi connectivity index (χ0v) is 11.0. The van der Waals surface area contributed by atoms with Crippen LogP contribution in [0.3, 0.4) is 0 Å². The summed E-state index contributed by atoms with van der Waals surface area (Å²) in [6.07, 6.45) is 2.09. The molecule has 0 amide bonds. The fourth-order valence-corrected chi connectivity index (χ4v) is 2.92. The van der Waals surface area contributed by atoms with Crippen LogP contribution in [0.2, 0.25) is 0 Å². The molecular weight excluding hydrogens is 252 g/mol. The average molecular weight is 270 g/mol. The van der Waals surface area contributed by atoms with E-state index in [1.165, 1.54) is 0 Å². The summed E-state index contributed by atoms with van der Waals surface area (Å²) in [6.45, 7) is 0.805. The predicted octanol–water partition coefficient (Wildman–Crippen LogP) is 2.27. The molecule has 1 aliphatic rings. The molecule has 1 aromatic heterocycles. The Morgan fingerprint density at radius 1 is 1.50 bits per heavy atom. The van der Waals surface area contributed by atoms with Gasteiger partial charge in [0.05, 0.1) is 24.7 Å². The van der Waals surface area contributed by atoms with Gasteiger partial charge in [0, 0.05) is 4.88 Å². The minimum atomic E-state index is -0.844. The fourth-order valence-electron chi connectivity index (χ4n) is 2.28. The standard InChI is InChI=1S/C13H18O4S/c14-12(15)10-3-5-13(16,6-4-10)9-17-8-11-2-1-7-18-11/h1-2,7,10,16H,3-6,8-9H2,(H,14,15). The van der Waals surface area contributed by atoms with Crippen LogP contribution in [-0.4, -0.2) is 28.4 Å². The van der Waals surface area contributed by atoms with Gasteiger partial charge in [-0.15, -0.1) is 11.3 Å². The van der Waals surface area contributed by atoms with E-state index in [9.17, 15) is 9.90 Å². The van der Waals surface area contributed by atoms with Crippen molar-refractivity contribution in [3.63, 3.8) is 0 Å². The monoisotopic (exact) mass is 270 g/mol. The highest BCUT2D eigenvalue weighted by atomic mass is 32.1. The Bertz CT molecular complexity index is 380. The molecule has 100 valence electrons. The van der Waals surface area contributed by atoms with Crippen LogP contribution in [0, 0.1) is 5.92 Å². The zero-order valence-electron chi connectivity index (χ0n) is 10.2. The van der Waals surface area contributed by atoms with Crippen molar-refractivity contribution in [1.82, 2.24) is 0 Å². The Hall–Kier alpha value is -0.910. The molecule has 4 nitrogen and oxygen atoms in total. The van der Waals surface area contributed by atoms with Crippen LogP contribution in [-0.2, 0) is 16.1 Å². The molecule has 1 aromatic rings. The first-order chi connectivity index (χ1) is 8.59. The van der Waals surface area contributed by atoms with Crippen LogP contribution in [0.15, 0.2) is 17.5 Å². The van der Waals surface area contributed by atoms with Crippen molar-refractivity contribution in [3.8, 4) is 0 Å². The Labute approximate surface area is 110 Å². The number of rotatable bonds is 5. The summed E-state index contributed by atoms with van der Waals surface area (Å²) in [5, 5.41) is 21.2. The van der Waals surface area contributed by atoms with Gasteiger partial charge in [-0.1, -0.05) is 6.07 Å². The molecule has 2 rings (SSSR count).